The van der Waals surface area contributed by atoms with E-state index in [1.54, 1.807) is 31.3 Å². The van der Waals surface area contributed by atoms with Crippen LogP contribution in [-0.4, -0.2) is 48.6 Å². The summed E-state index contributed by atoms with van der Waals surface area (Å²) in [7, 11) is 1.64. The fourth-order valence-electron chi connectivity index (χ4n) is 2.30. The minimum atomic E-state index is -0.146. The molecule has 2 rings (SSSR count). The van der Waals surface area contributed by atoms with E-state index in [-0.39, 0.29) is 24.8 Å². The summed E-state index contributed by atoms with van der Waals surface area (Å²) in [5.74, 6) is 0.503. The van der Waals surface area contributed by atoms with Crippen LogP contribution >= 0.6 is 0 Å². The van der Waals surface area contributed by atoms with Crippen molar-refractivity contribution in [2.45, 2.75) is 13.0 Å². The van der Waals surface area contributed by atoms with E-state index in [0.717, 1.165) is 11.3 Å². The molecule has 6 nitrogen and oxygen atoms in total. The minimum absolute atomic E-state index is 0.0691. The highest BCUT2D eigenvalue weighted by Crippen LogP contribution is 2.09. The van der Waals surface area contributed by atoms with Crippen molar-refractivity contribution in [1.29, 1.82) is 0 Å². The third-order valence-electron chi connectivity index (χ3n) is 3.81. The van der Waals surface area contributed by atoms with Gasteiger partial charge < -0.3 is 20.1 Å². The summed E-state index contributed by atoms with van der Waals surface area (Å²) in [5, 5.41) is 11.7. The lowest BCUT2D eigenvalue weighted by Gasteiger charge is -2.15. The summed E-state index contributed by atoms with van der Waals surface area (Å²) in [4.78, 5) is 25.4. The van der Waals surface area contributed by atoms with Crippen molar-refractivity contribution >= 4 is 11.8 Å². The first-order chi connectivity index (χ1) is 12.6. The summed E-state index contributed by atoms with van der Waals surface area (Å²) in [6.45, 7) is 0.938. The molecule has 0 fully saturated rings. The van der Waals surface area contributed by atoms with Gasteiger partial charge in [0.15, 0.2) is 0 Å². The molecule has 0 aliphatic rings. The van der Waals surface area contributed by atoms with Gasteiger partial charge in [0.1, 0.15) is 5.75 Å². The minimum Gasteiger partial charge on any atom is -0.493 e. The zero-order valence-electron chi connectivity index (χ0n) is 14.9. The Kier molecular flexibility index (Phi) is 7.64. The smallest absolute Gasteiger partial charge is 0.253 e. The second-order valence-electron chi connectivity index (χ2n) is 5.84. The van der Waals surface area contributed by atoms with Crippen LogP contribution in [-0.2, 0) is 11.3 Å². The van der Waals surface area contributed by atoms with Crippen molar-refractivity contribution in [2.24, 2.45) is 0 Å². The number of hydrogen-bond donors (Lipinski definition) is 2. The Hall–Kier alpha value is -2.86. The standard InChI is InChI=1S/C20H24N2O4/c1-22(12-13-23)20(25)17-9-7-16(8-10-17)15-21-19(24)11-14-26-18-5-3-2-4-6-18/h2-10,23H,11-15H2,1H3,(H,21,24). The maximum absolute atomic E-state index is 12.1. The molecule has 0 saturated carbocycles. The lowest BCUT2D eigenvalue weighted by atomic mass is 10.1. The highest BCUT2D eigenvalue weighted by molar-refractivity contribution is 5.94. The molecule has 0 saturated heterocycles. The first-order valence-corrected chi connectivity index (χ1v) is 8.50. The number of benzene rings is 2. The van der Waals surface area contributed by atoms with E-state index in [4.69, 9.17) is 9.84 Å². The lowest BCUT2D eigenvalue weighted by molar-refractivity contribution is -0.121. The largest absolute Gasteiger partial charge is 0.493 e. The van der Waals surface area contributed by atoms with Gasteiger partial charge in [-0.3, -0.25) is 9.59 Å². The molecule has 0 radical (unpaired) electrons. The van der Waals surface area contributed by atoms with Gasteiger partial charge in [0, 0.05) is 25.7 Å². The summed E-state index contributed by atoms with van der Waals surface area (Å²) in [6, 6.07) is 16.4. The molecule has 2 aromatic carbocycles. The van der Waals surface area contributed by atoms with Crippen molar-refractivity contribution in [2.75, 3.05) is 26.8 Å². The van der Waals surface area contributed by atoms with E-state index >= 15 is 0 Å². The summed E-state index contributed by atoms with van der Waals surface area (Å²) in [5.41, 5.74) is 1.45. The van der Waals surface area contributed by atoms with Gasteiger partial charge in [-0.1, -0.05) is 30.3 Å². The number of hydrogen-bond acceptors (Lipinski definition) is 4. The van der Waals surface area contributed by atoms with Crippen LogP contribution in [0.4, 0.5) is 0 Å². The molecular formula is C20H24N2O4. The summed E-state index contributed by atoms with van der Waals surface area (Å²) >= 11 is 0. The fourth-order valence-corrected chi connectivity index (χ4v) is 2.30. The number of nitrogens with one attached hydrogen (secondary N) is 1. The number of para-hydroxylation sites is 1. The molecule has 0 spiro atoms. The molecule has 0 aliphatic heterocycles. The molecule has 0 aliphatic carbocycles. The number of ether oxygens (including phenoxy) is 1. The molecule has 0 heterocycles. The van der Waals surface area contributed by atoms with Crippen LogP contribution in [0.15, 0.2) is 54.6 Å². The van der Waals surface area contributed by atoms with E-state index in [2.05, 4.69) is 5.32 Å². The first-order valence-electron chi connectivity index (χ1n) is 8.50. The number of amides is 2. The third-order valence-corrected chi connectivity index (χ3v) is 3.81. The van der Waals surface area contributed by atoms with Crippen LogP contribution in [0.3, 0.4) is 0 Å². The zero-order valence-corrected chi connectivity index (χ0v) is 14.9. The quantitative estimate of drug-likeness (QED) is 0.719. The van der Waals surface area contributed by atoms with Crippen molar-refractivity contribution in [3.63, 3.8) is 0 Å². The summed E-state index contributed by atoms with van der Waals surface area (Å²) < 4.78 is 5.49. The Morgan fingerprint density at radius 2 is 1.77 bits per heavy atom. The second kappa shape index (κ2) is 10.2. The van der Waals surface area contributed by atoms with E-state index in [9.17, 15) is 9.59 Å². The SMILES string of the molecule is CN(CCO)C(=O)c1ccc(CNC(=O)CCOc2ccccc2)cc1. The molecule has 0 atom stereocenters. The van der Waals surface area contributed by atoms with E-state index in [1.807, 2.05) is 30.3 Å². The highest BCUT2D eigenvalue weighted by Gasteiger charge is 2.10. The summed E-state index contributed by atoms with van der Waals surface area (Å²) in [6.07, 6.45) is 0.275. The Bertz CT molecular complexity index is 702. The van der Waals surface area contributed by atoms with Gasteiger partial charge in [0.05, 0.1) is 19.6 Å². The monoisotopic (exact) mass is 356 g/mol. The molecule has 138 valence electrons. The predicted molar refractivity (Wildman–Crippen MR) is 98.9 cm³/mol. The maximum Gasteiger partial charge on any atom is 0.253 e. The number of carbonyl (C=O) groups is 2. The molecule has 26 heavy (non-hydrogen) atoms. The van der Waals surface area contributed by atoms with Crippen molar-refractivity contribution in [1.82, 2.24) is 10.2 Å². The third kappa shape index (κ3) is 6.22. The molecular weight excluding hydrogens is 332 g/mol. The maximum atomic E-state index is 12.1. The number of aliphatic hydroxyl groups is 1. The molecule has 0 unspecified atom stereocenters. The van der Waals surface area contributed by atoms with Gasteiger partial charge in [-0.05, 0) is 29.8 Å². The van der Waals surface area contributed by atoms with E-state index in [1.165, 1.54) is 4.90 Å². The van der Waals surface area contributed by atoms with Crippen LogP contribution in [0.5, 0.6) is 5.75 Å². The second-order valence-corrected chi connectivity index (χ2v) is 5.84. The van der Waals surface area contributed by atoms with Gasteiger partial charge in [0.2, 0.25) is 5.91 Å². The van der Waals surface area contributed by atoms with Crippen LogP contribution in [0, 0.1) is 0 Å². The Morgan fingerprint density at radius 3 is 2.42 bits per heavy atom. The van der Waals surface area contributed by atoms with Crippen LogP contribution in [0.25, 0.3) is 0 Å². The molecule has 2 N–H and O–H groups in total. The number of likely N-dealkylation sites (N-methyl/N-ethyl adjacent to an activating group) is 1. The molecule has 0 aromatic heterocycles. The van der Waals surface area contributed by atoms with E-state index < -0.39 is 0 Å². The lowest BCUT2D eigenvalue weighted by Crippen LogP contribution is -2.29. The van der Waals surface area contributed by atoms with Crippen LogP contribution < -0.4 is 10.1 Å². The van der Waals surface area contributed by atoms with E-state index in [0.29, 0.717) is 25.3 Å². The predicted octanol–water partition coefficient (Wildman–Crippen LogP) is 1.84. The molecule has 0 bridgehead atoms. The Morgan fingerprint density at radius 1 is 1.08 bits per heavy atom. The van der Waals surface area contributed by atoms with Crippen LogP contribution in [0.2, 0.25) is 0 Å². The average Bonchev–Trinajstić information content (AvgIpc) is 2.67. The normalized spacial score (nSPS) is 10.2. The van der Waals surface area contributed by atoms with Gasteiger partial charge >= 0.3 is 0 Å². The van der Waals surface area contributed by atoms with Crippen molar-refractivity contribution < 1.29 is 19.4 Å². The number of aliphatic hydroxyl groups excluding tert-OH is 1. The van der Waals surface area contributed by atoms with Crippen LogP contribution in [0.1, 0.15) is 22.3 Å². The Labute approximate surface area is 153 Å². The van der Waals surface area contributed by atoms with Gasteiger partial charge in [-0.25, -0.2) is 0 Å². The van der Waals surface area contributed by atoms with Gasteiger partial charge in [-0.15, -0.1) is 0 Å². The van der Waals surface area contributed by atoms with Crippen molar-refractivity contribution in [3.8, 4) is 5.75 Å². The number of rotatable bonds is 9. The first kappa shape index (κ1) is 19.5. The Balaban J connectivity index is 1.73. The highest BCUT2D eigenvalue weighted by atomic mass is 16.5. The average molecular weight is 356 g/mol. The van der Waals surface area contributed by atoms with Gasteiger partial charge in [0.25, 0.3) is 5.91 Å². The zero-order chi connectivity index (χ0) is 18.8. The molecule has 2 aromatic rings. The molecule has 6 heteroatoms. The number of nitrogens with zero attached hydrogens (tertiary/aromatic N) is 1. The fraction of sp³-hybridized carbons (Fsp3) is 0.300. The topological polar surface area (TPSA) is 78.9 Å². The number of carbonyl (C=O) groups excluding carboxylic acids is 2. The van der Waals surface area contributed by atoms with Gasteiger partial charge in [-0.2, -0.15) is 0 Å². The van der Waals surface area contributed by atoms with Crippen molar-refractivity contribution in [3.05, 3.63) is 65.7 Å². The molecule has 2 amide bonds.